The molecule has 0 spiro atoms. The van der Waals surface area contributed by atoms with E-state index in [1.54, 1.807) is 0 Å². The molecule has 146 valence electrons. The molecule has 0 amide bonds. The molecule has 0 nitrogen and oxygen atoms in total. The van der Waals surface area contributed by atoms with Gasteiger partial charge in [0.05, 0.1) is 0 Å². The van der Waals surface area contributed by atoms with E-state index >= 15 is 0 Å². The van der Waals surface area contributed by atoms with E-state index in [0.29, 0.717) is 5.54 Å². The average molecular weight is 396 g/mol. The molecule has 0 aliphatic rings. The lowest BCUT2D eigenvalue weighted by atomic mass is 10.0. The molecule has 3 heteroatoms. The lowest BCUT2D eigenvalue weighted by molar-refractivity contribution is 0.531. The molecule has 0 saturated heterocycles. The summed E-state index contributed by atoms with van der Waals surface area (Å²) in [6, 6.07) is 1.08. The van der Waals surface area contributed by atoms with Crippen molar-refractivity contribution in [2.75, 3.05) is 0 Å². The molecule has 0 unspecified atom stereocenters. The summed E-state index contributed by atoms with van der Waals surface area (Å²) in [4.78, 5) is 0. The van der Waals surface area contributed by atoms with Crippen molar-refractivity contribution >= 4 is 28.9 Å². The third kappa shape index (κ3) is 16.3. The third-order valence-corrected chi connectivity index (χ3v) is 11.7. The van der Waals surface area contributed by atoms with E-state index < -0.39 is 6.69 Å². The van der Waals surface area contributed by atoms with Gasteiger partial charge in [0.2, 0.25) is 0 Å². The van der Waals surface area contributed by atoms with Gasteiger partial charge in [-0.1, -0.05) is 124 Å². The van der Waals surface area contributed by atoms with Crippen LogP contribution in [0.3, 0.4) is 0 Å². The zero-order valence-electron chi connectivity index (χ0n) is 16.9. The molecule has 24 heavy (non-hydrogen) atoms. The van der Waals surface area contributed by atoms with Gasteiger partial charge >= 0.3 is 0 Å². The minimum atomic E-state index is -1.94. The minimum absolute atomic E-state index is 0.483. The van der Waals surface area contributed by atoms with Crippen LogP contribution in [0.1, 0.15) is 124 Å². The van der Waals surface area contributed by atoms with E-state index in [9.17, 15) is 0 Å². The topological polar surface area (TPSA) is 0 Å². The van der Waals surface area contributed by atoms with E-state index in [4.69, 9.17) is 22.2 Å². The normalized spacial score (nSPS) is 12.2. The number of hydrogen-bond acceptors (Lipinski definition) is 0. The first-order valence-corrected chi connectivity index (χ1v) is 15.2. The summed E-state index contributed by atoms with van der Waals surface area (Å²) in [5, 5.41) is 0. The summed E-state index contributed by atoms with van der Waals surface area (Å²) >= 11 is 12.9. The first-order chi connectivity index (χ1) is 11.5. The average Bonchev–Trinajstić information content (AvgIpc) is 2.54. The Labute approximate surface area is 163 Å². The summed E-state index contributed by atoms with van der Waals surface area (Å²) in [6.45, 7) is 4.68. The molecule has 0 N–H and O–H groups in total. The molecular weight excluding hydrogens is 351 g/mol. The number of unbranched alkanes of at least 4 members (excludes halogenated alkanes) is 15. The molecule has 0 fully saturated rings. The first kappa shape index (κ1) is 24.8. The van der Waals surface area contributed by atoms with E-state index in [1.807, 2.05) is 0 Å². The SMILES string of the molecule is CCCCCCCCCCCCCCCCCC[Si](Cl)(Cl)C(C)C. The number of rotatable bonds is 18. The van der Waals surface area contributed by atoms with E-state index in [0.717, 1.165) is 6.04 Å². The van der Waals surface area contributed by atoms with E-state index in [1.165, 1.54) is 103 Å². The Morgan fingerprint density at radius 1 is 0.542 bits per heavy atom. The van der Waals surface area contributed by atoms with Crippen molar-refractivity contribution in [3.8, 4) is 0 Å². The molecule has 0 aliphatic carbocycles. The molecule has 0 bridgehead atoms. The minimum Gasteiger partial charge on any atom is -0.146 e. The fourth-order valence-corrected chi connectivity index (χ4v) is 5.30. The van der Waals surface area contributed by atoms with Gasteiger partial charge in [-0.25, -0.2) is 0 Å². The second kappa shape index (κ2) is 17.2. The quantitative estimate of drug-likeness (QED) is 0.123. The summed E-state index contributed by atoms with van der Waals surface area (Å²) in [7, 11) is 0. The van der Waals surface area contributed by atoms with Crippen molar-refractivity contribution in [2.24, 2.45) is 0 Å². The van der Waals surface area contributed by atoms with Crippen molar-refractivity contribution in [1.82, 2.24) is 0 Å². The number of halogens is 2. The van der Waals surface area contributed by atoms with Crippen LogP contribution >= 0.6 is 22.2 Å². The van der Waals surface area contributed by atoms with Crippen LogP contribution in [0.2, 0.25) is 11.6 Å². The van der Waals surface area contributed by atoms with Crippen LogP contribution < -0.4 is 0 Å². The fourth-order valence-electron chi connectivity index (χ4n) is 3.20. The Balaban J connectivity index is 3.13. The van der Waals surface area contributed by atoms with E-state index in [-0.39, 0.29) is 0 Å². The Kier molecular flexibility index (Phi) is 17.8. The maximum absolute atomic E-state index is 6.44. The van der Waals surface area contributed by atoms with Gasteiger partial charge in [-0.05, 0) is 11.6 Å². The van der Waals surface area contributed by atoms with Crippen LogP contribution in [0, 0.1) is 0 Å². The second-order valence-electron chi connectivity index (χ2n) is 7.97. The highest BCUT2D eigenvalue weighted by atomic mass is 35.7. The van der Waals surface area contributed by atoms with Crippen LogP contribution in [0.25, 0.3) is 0 Å². The monoisotopic (exact) mass is 394 g/mol. The lowest BCUT2D eigenvalue weighted by Gasteiger charge is -2.20. The molecule has 0 rings (SSSR count). The molecule has 0 aromatic heterocycles. The van der Waals surface area contributed by atoms with Crippen molar-refractivity contribution in [2.45, 2.75) is 135 Å². The molecular formula is C21H44Cl2Si. The molecule has 0 aromatic rings. The first-order valence-electron chi connectivity index (χ1n) is 10.9. The maximum atomic E-state index is 6.44. The molecule has 0 radical (unpaired) electrons. The van der Waals surface area contributed by atoms with Gasteiger partial charge in [-0.2, -0.15) is 0 Å². The van der Waals surface area contributed by atoms with Crippen molar-refractivity contribution in [3.05, 3.63) is 0 Å². The maximum Gasteiger partial charge on any atom is 0.253 e. The Morgan fingerprint density at radius 3 is 1.12 bits per heavy atom. The second-order valence-corrected chi connectivity index (χ2v) is 15.8. The van der Waals surface area contributed by atoms with Crippen molar-refractivity contribution in [1.29, 1.82) is 0 Å². The number of hydrogen-bond donors (Lipinski definition) is 0. The zero-order valence-corrected chi connectivity index (χ0v) is 19.4. The highest BCUT2D eigenvalue weighted by molar-refractivity contribution is 7.45. The van der Waals surface area contributed by atoms with Crippen LogP contribution in [-0.2, 0) is 0 Å². The summed E-state index contributed by atoms with van der Waals surface area (Å²) in [6.07, 6.45) is 22.6. The van der Waals surface area contributed by atoms with Crippen LogP contribution in [0.15, 0.2) is 0 Å². The highest BCUT2D eigenvalue weighted by Gasteiger charge is 2.31. The third-order valence-electron chi connectivity index (χ3n) is 5.21. The summed E-state index contributed by atoms with van der Waals surface area (Å²) < 4.78 is 0. The molecule has 0 aliphatic heterocycles. The molecule has 0 atom stereocenters. The van der Waals surface area contributed by atoms with Gasteiger partial charge in [0.1, 0.15) is 0 Å². The molecule has 0 heterocycles. The fraction of sp³-hybridized carbons (Fsp3) is 1.00. The van der Waals surface area contributed by atoms with Gasteiger partial charge in [0.25, 0.3) is 6.69 Å². The van der Waals surface area contributed by atoms with Gasteiger partial charge < -0.3 is 0 Å². The molecule has 0 aromatic carbocycles. The van der Waals surface area contributed by atoms with E-state index in [2.05, 4.69) is 20.8 Å². The smallest absolute Gasteiger partial charge is 0.146 e. The van der Waals surface area contributed by atoms with Gasteiger partial charge in [-0.3, -0.25) is 0 Å². The van der Waals surface area contributed by atoms with Crippen LogP contribution in [0.4, 0.5) is 0 Å². The van der Waals surface area contributed by atoms with Gasteiger partial charge in [-0.15, -0.1) is 22.2 Å². The van der Waals surface area contributed by atoms with Crippen LogP contribution in [-0.4, -0.2) is 6.69 Å². The van der Waals surface area contributed by atoms with Crippen LogP contribution in [0.5, 0.6) is 0 Å². The Morgan fingerprint density at radius 2 is 0.833 bits per heavy atom. The zero-order chi connectivity index (χ0) is 18.1. The highest BCUT2D eigenvalue weighted by Crippen LogP contribution is 2.34. The lowest BCUT2D eigenvalue weighted by Crippen LogP contribution is -2.22. The van der Waals surface area contributed by atoms with Crippen molar-refractivity contribution < 1.29 is 0 Å². The Hall–Kier alpha value is 0.797. The van der Waals surface area contributed by atoms with Gasteiger partial charge in [0, 0.05) is 0 Å². The summed E-state index contributed by atoms with van der Waals surface area (Å²) in [5.74, 6) is 0. The predicted molar refractivity (Wildman–Crippen MR) is 117 cm³/mol. The summed E-state index contributed by atoms with van der Waals surface area (Å²) in [5.41, 5.74) is 0.483. The Bertz CT molecular complexity index is 254. The van der Waals surface area contributed by atoms with Gasteiger partial charge in [0.15, 0.2) is 0 Å². The standard InChI is InChI=1S/C21H44Cl2Si/c1-4-5-6-7-8-9-10-11-12-13-14-15-16-17-18-19-20-24(22,23)21(2)3/h21H,4-20H2,1-3H3. The molecule has 0 saturated carbocycles. The predicted octanol–water partition coefficient (Wildman–Crippen LogP) is 9.58. The largest absolute Gasteiger partial charge is 0.253 e. The van der Waals surface area contributed by atoms with Crippen molar-refractivity contribution in [3.63, 3.8) is 0 Å².